The lowest BCUT2D eigenvalue weighted by Crippen LogP contribution is -2.17. The van der Waals surface area contributed by atoms with E-state index in [1.807, 2.05) is 13.0 Å². The molecule has 3 rings (SSSR count). The van der Waals surface area contributed by atoms with Crippen LogP contribution in [0.4, 0.5) is 5.13 Å². The number of nitrogens with one attached hydrogen (secondary N) is 1. The molecule has 20 heavy (non-hydrogen) atoms. The van der Waals surface area contributed by atoms with Gasteiger partial charge in [0.15, 0.2) is 10.8 Å². The molecule has 2 aromatic rings. The van der Waals surface area contributed by atoms with Gasteiger partial charge in [0, 0.05) is 12.1 Å². The van der Waals surface area contributed by atoms with Crippen LogP contribution in [0.2, 0.25) is 0 Å². The minimum absolute atomic E-state index is 0.0386. The van der Waals surface area contributed by atoms with Crippen molar-refractivity contribution >= 4 is 32.7 Å². The van der Waals surface area contributed by atoms with Crippen LogP contribution >= 0.6 is 11.3 Å². The third kappa shape index (κ3) is 1.84. The van der Waals surface area contributed by atoms with Crippen LogP contribution in [0.5, 0.6) is 0 Å². The second kappa shape index (κ2) is 4.01. The van der Waals surface area contributed by atoms with E-state index in [0.717, 1.165) is 10.3 Å². The predicted octanol–water partition coefficient (Wildman–Crippen LogP) is 3.62. The zero-order valence-electron chi connectivity index (χ0n) is 12.4. The zero-order valence-corrected chi connectivity index (χ0v) is 13.3. The fourth-order valence-corrected chi connectivity index (χ4v) is 3.93. The van der Waals surface area contributed by atoms with Crippen molar-refractivity contribution in [3.63, 3.8) is 0 Å². The summed E-state index contributed by atoms with van der Waals surface area (Å²) in [6.07, 6.45) is 1.79. The van der Waals surface area contributed by atoms with E-state index in [4.69, 9.17) is 0 Å². The van der Waals surface area contributed by atoms with Crippen molar-refractivity contribution in [2.45, 2.75) is 34.6 Å². The van der Waals surface area contributed by atoms with Crippen LogP contribution in [-0.4, -0.2) is 15.9 Å². The molecule has 1 saturated carbocycles. The van der Waals surface area contributed by atoms with E-state index in [2.05, 4.69) is 43.0 Å². The highest BCUT2D eigenvalue weighted by Gasteiger charge is 2.68. The first kappa shape index (κ1) is 13.5. The van der Waals surface area contributed by atoms with Crippen LogP contribution < -0.4 is 5.32 Å². The Labute approximate surface area is 122 Å². The molecule has 0 aliphatic heterocycles. The van der Waals surface area contributed by atoms with Crippen molar-refractivity contribution in [3.05, 3.63) is 17.8 Å². The van der Waals surface area contributed by atoms with Crippen molar-refractivity contribution in [1.82, 2.24) is 9.97 Å². The normalized spacial score (nSPS) is 20.1. The molecule has 5 heteroatoms. The number of anilines is 1. The van der Waals surface area contributed by atoms with Crippen molar-refractivity contribution in [2.24, 2.45) is 16.7 Å². The maximum Gasteiger partial charge on any atom is 0.230 e. The molecule has 0 radical (unpaired) electrons. The molecule has 106 valence electrons. The van der Waals surface area contributed by atoms with Crippen molar-refractivity contribution < 1.29 is 4.79 Å². The molecule has 0 saturated heterocycles. The Morgan fingerprint density at radius 3 is 2.55 bits per heavy atom. The number of carbonyl (C=O) groups excluding carboxylic acids is 1. The summed E-state index contributed by atoms with van der Waals surface area (Å²) in [5.74, 6) is 0.104. The fourth-order valence-electron chi connectivity index (χ4n) is 3.00. The summed E-state index contributed by atoms with van der Waals surface area (Å²) in [4.78, 5) is 21.0. The molecule has 4 nitrogen and oxygen atoms in total. The molecular formula is C15H19N3OS. The summed E-state index contributed by atoms with van der Waals surface area (Å²) in [7, 11) is 0. The summed E-state index contributed by atoms with van der Waals surface area (Å²) in [6, 6.07) is 2.04. The summed E-state index contributed by atoms with van der Waals surface area (Å²) >= 11 is 1.48. The highest BCUT2D eigenvalue weighted by molar-refractivity contribution is 7.22. The minimum atomic E-state index is 0.0386. The van der Waals surface area contributed by atoms with Gasteiger partial charge in [-0.1, -0.05) is 39.0 Å². The highest BCUT2D eigenvalue weighted by atomic mass is 32.1. The summed E-state index contributed by atoms with van der Waals surface area (Å²) in [5.41, 5.74) is 1.89. The molecule has 0 bridgehead atoms. The average molecular weight is 289 g/mol. The Morgan fingerprint density at radius 2 is 1.95 bits per heavy atom. The molecule has 0 unspecified atom stereocenters. The van der Waals surface area contributed by atoms with Gasteiger partial charge in [0.2, 0.25) is 5.91 Å². The number of pyridine rings is 1. The van der Waals surface area contributed by atoms with E-state index in [1.165, 1.54) is 11.3 Å². The lowest BCUT2D eigenvalue weighted by Gasteiger charge is -2.03. The van der Waals surface area contributed by atoms with Crippen LogP contribution in [-0.2, 0) is 4.79 Å². The van der Waals surface area contributed by atoms with Crippen molar-refractivity contribution in [1.29, 1.82) is 0 Å². The zero-order chi connectivity index (χ0) is 14.7. The molecular weight excluding hydrogens is 270 g/mol. The second-order valence-electron chi connectivity index (χ2n) is 6.72. The Bertz CT molecular complexity index is 688. The van der Waals surface area contributed by atoms with Gasteiger partial charge in [-0.05, 0) is 29.4 Å². The van der Waals surface area contributed by atoms with Crippen LogP contribution in [0.3, 0.4) is 0 Å². The number of hydrogen-bond acceptors (Lipinski definition) is 4. The molecule has 1 fully saturated rings. The van der Waals surface area contributed by atoms with Gasteiger partial charge in [-0.15, -0.1) is 0 Å². The van der Waals surface area contributed by atoms with E-state index in [9.17, 15) is 4.79 Å². The number of hydrogen-bond donors (Lipinski definition) is 1. The van der Waals surface area contributed by atoms with E-state index >= 15 is 0 Å². The maximum atomic E-state index is 12.4. The molecule has 2 aromatic heterocycles. The Morgan fingerprint density at radius 1 is 1.30 bits per heavy atom. The van der Waals surface area contributed by atoms with Gasteiger partial charge in [-0.2, -0.15) is 4.98 Å². The average Bonchev–Trinajstić information content (AvgIpc) is 2.62. The number of aryl methyl sites for hydroxylation is 1. The van der Waals surface area contributed by atoms with Gasteiger partial charge in [0.1, 0.15) is 0 Å². The third-order valence-corrected chi connectivity index (χ3v) is 5.80. The molecule has 0 spiro atoms. The van der Waals surface area contributed by atoms with Gasteiger partial charge in [-0.25, -0.2) is 4.98 Å². The quantitative estimate of drug-likeness (QED) is 0.918. The van der Waals surface area contributed by atoms with Gasteiger partial charge in [0.05, 0.1) is 4.70 Å². The first-order valence-electron chi connectivity index (χ1n) is 6.77. The Kier molecular flexibility index (Phi) is 2.70. The lowest BCUT2D eigenvalue weighted by molar-refractivity contribution is -0.118. The first-order chi connectivity index (χ1) is 9.23. The van der Waals surface area contributed by atoms with E-state index < -0.39 is 0 Å². The Balaban J connectivity index is 1.82. The minimum Gasteiger partial charge on any atom is -0.302 e. The number of carbonyl (C=O) groups is 1. The summed E-state index contributed by atoms with van der Waals surface area (Å²) in [5, 5.41) is 3.59. The van der Waals surface area contributed by atoms with Gasteiger partial charge < -0.3 is 5.32 Å². The molecule has 2 heterocycles. The molecule has 1 aliphatic carbocycles. The molecule has 0 atom stereocenters. The highest BCUT2D eigenvalue weighted by Crippen LogP contribution is 2.68. The van der Waals surface area contributed by atoms with E-state index in [0.29, 0.717) is 10.8 Å². The fraction of sp³-hybridized carbons (Fsp3) is 0.533. The van der Waals surface area contributed by atoms with Gasteiger partial charge in [0.25, 0.3) is 0 Å². The summed E-state index contributed by atoms with van der Waals surface area (Å²) < 4.78 is 1.01. The maximum absolute atomic E-state index is 12.4. The second-order valence-corrected chi connectivity index (χ2v) is 7.75. The SMILES string of the molecule is Cc1cnc2nc(NC(=O)C3C(C)(C)C3(C)C)sc2c1. The smallest absolute Gasteiger partial charge is 0.230 e. The lowest BCUT2D eigenvalue weighted by atomic mass is 10.0. The van der Waals surface area contributed by atoms with Crippen molar-refractivity contribution in [2.75, 3.05) is 5.32 Å². The van der Waals surface area contributed by atoms with Gasteiger partial charge >= 0.3 is 0 Å². The third-order valence-electron chi connectivity index (χ3n) is 4.90. The Hall–Kier alpha value is -1.49. The first-order valence-corrected chi connectivity index (χ1v) is 7.59. The number of thiazole rings is 1. The van der Waals surface area contributed by atoms with Crippen LogP contribution in [0, 0.1) is 23.7 Å². The van der Waals surface area contributed by atoms with Crippen LogP contribution in [0.1, 0.15) is 33.3 Å². The standard InChI is InChI=1S/C15H19N3OS/c1-8-6-9-11(16-7-8)17-13(20-9)18-12(19)10-14(2,3)15(10,4)5/h6-7,10H,1-5H3,(H,16,17,18,19). The predicted molar refractivity (Wildman–Crippen MR) is 81.8 cm³/mol. The van der Waals surface area contributed by atoms with E-state index in [1.54, 1.807) is 6.20 Å². The topological polar surface area (TPSA) is 54.9 Å². The molecule has 1 amide bonds. The molecule has 0 aromatic carbocycles. The number of nitrogens with zero attached hydrogens (tertiary/aromatic N) is 2. The van der Waals surface area contributed by atoms with E-state index in [-0.39, 0.29) is 22.7 Å². The molecule has 1 N–H and O–H groups in total. The van der Waals surface area contributed by atoms with Crippen LogP contribution in [0.25, 0.3) is 10.3 Å². The molecule has 1 aliphatic rings. The van der Waals surface area contributed by atoms with Gasteiger partial charge in [-0.3, -0.25) is 4.79 Å². The monoisotopic (exact) mass is 289 g/mol. The summed E-state index contributed by atoms with van der Waals surface area (Å²) in [6.45, 7) is 10.6. The number of rotatable bonds is 2. The van der Waals surface area contributed by atoms with Crippen molar-refractivity contribution in [3.8, 4) is 0 Å². The number of amides is 1. The number of aromatic nitrogens is 2. The largest absolute Gasteiger partial charge is 0.302 e. The number of fused-ring (bicyclic) bond motifs is 1. The van der Waals surface area contributed by atoms with Crippen LogP contribution in [0.15, 0.2) is 12.3 Å².